The molecule has 1 aromatic carbocycles. The highest BCUT2D eigenvalue weighted by Gasteiger charge is 2.27. The number of nitrogens with one attached hydrogen (secondary N) is 2. The normalized spacial score (nSPS) is 28.6. The molecule has 2 aliphatic rings. The predicted molar refractivity (Wildman–Crippen MR) is 80.2 cm³/mol. The minimum absolute atomic E-state index is 0.568. The number of hydrogen-bond donors (Lipinski definition) is 2. The molecule has 3 rings (SSSR count). The average molecular weight is 258 g/mol. The van der Waals surface area contributed by atoms with Gasteiger partial charge in [0.25, 0.3) is 0 Å². The maximum absolute atomic E-state index is 3.54. The smallest absolute Gasteiger partial charge is 0.0572 e. The van der Waals surface area contributed by atoms with Gasteiger partial charge in [0, 0.05) is 13.1 Å². The molecule has 2 heteroatoms. The molecule has 1 saturated heterocycles. The van der Waals surface area contributed by atoms with Crippen LogP contribution in [0.25, 0.3) is 0 Å². The second kappa shape index (κ2) is 6.53. The molecule has 1 aromatic rings. The third kappa shape index (κ3) is 3.37. The number of rotatable bonds is 4. The van der Waals surface area contributed by atoms with Crippen LogP contribution in [0.15, 0.2) is 30.3 Å². The maximum Gasteiger partial charge on any atom is 0.0572 e. The Hall–Kier alpha value is -0.860. The summed E-state index contributed by atoms with van der Waals surface area (Å²) in [5.41, 5.74) is 1.57. The third-order valence-corrected chi connectivity index (χ3v) is 4.87. The fourth-order valence-corrected chi connectivity index (χ4v) is 3.84. The summed E-state index contributed by atoms with van der Waals surface area (Å²) in [4.78, 5) is 0. The van der Waals surface area contributed by atoms with E-state index in [2.05, 4.69) is 41.0 Å². The molecule has 1 aliphatic carbocycles. The molecule has 1 saturated carbocycles. The van der Waals surface area contributed by atoms with Crippen LogP contribution in [0.1, 0.15) is 50.0 Å². The second-order valence-electron chi connectivity index (χ2n) is 6.10. The van der Waals surface area contributed by atoms with Crippen LogP contribution in [0.5, 0.6) is 0 Å². The molecule has 2 N–H and O–H groups in total. The van der Waals surface area contributed by atoms with Gasteiger partial charge in [0.2, 0.25) is 0 Å². The van der Waals surface area contributed by atoms with Gasteiger partial charge in [-0.05, 0) is 43.1 Å². The van der Waals surface area contributed by atoms with Crippen LogP contribution in [0.4, 0.5) is 0 Å². The zero-order valence-electron chi connectivity index (χ0n) is 11.8. The van der Waals surface area contributed by atoms with E-state index in [0.29, 0.717) is 6.17 Å². The van der Waals surface area contributed by atoms with Crippen LogP contribution in [0, 0.1) is 5.92 Å². The molecule has 0 aromatic heterocycles. The Morgan fingerprint density at radius 1 is 0.895 bits per heavy atom. The summed E-state index contributed by atoms with van der Waals surface area (Å²) in [6.45, 7) is 2.27. The van der Waals surface area contributed by atoms with Crippen LogP contribution in [-0.2, 0) is 0 Å². The van der Waals surface area contributed by atoms with E-state index in [0.717, 1.165) is 24.9 Å². The molecule has 0 radical (unpaired) electrons. The Kier molecular flexibility index (Phi) is 4.52. The van der Waals surface area contributed by atoms with E-state index in [9.17, 15) is 0 Å². The fraction of sp³-hybridized carbons (Fsp3) is 0.647. The highest BCUT2D eigenvalue weighted by Crippen LogP contribution is 2.40. The van der Waals surface area contributed by atoms with Crippen LogP contribution >= 0.6 is 0 Å². The van der Waals surface area contributed by atoms with Crippen molar-refractivity contribution in [1.29, 1.82) is 0 Å². The van der Waals surface area contributed by atoms with E-state index >= 15 is 0 Å². The molecule has 2 fully saturated rings. The van der Waals surface area contributed by atoms with Crippen LogP contribution in [0.3, 0.4) is 0 Å². The van der Waals surface area contributed by atoms with Gasteiger partial charge in [0.1, 0.15) is 0 Å². The van der Waals surface area contributed by atoms with Gasteiger partial charge in [0.05, 0.1) is 6.17 Å². The van der Waals surface area contributed by atoms with Gasteiger partial charge in [-0.1, -0.05) is 43.2 Å². The Morgan fingerprint density at radius 2 is 1.63 bits per heavy atom. The number of hydrogen-bond acceptors (Lipinski definition) is 2. The molecule has 0 amide bonds. The molecule has 0 spiro atoms. The van der Waals surface area contributed by atoms with Crippen molar-refractivity contribution in [3.63, 3.8) is 0 Å². The summed E-state index contributed by atoms with van der Waals surface area (Å²) in [5, 5.41) is 7.08. The van der Waals surface area contributed by atoms with E-state index in [1.54, 1.807) is 5.56 Å². The van der Waals surface area contributed by atoms with Gasteiger partial charge in [-0.25, -0.2) is 0 Å². The predicted octanol–water partition coefficient (Wildman–Crippen LogP) is 3.26. The third-order valence-electron chi connectivity index (χ3n) is 4.87. The summed E-state index contributed by atoms with van der Waals surface area (Å²) >= 11 is 0. The lowest BCUT2D eigenvalue weighted by molar-refractivity contribution is 0.273. The van der Waals surface area contributed by atoms with Crippen molar-refractivity contribution in [3.8, 4) is 0 Å². The molecule has 2 unspecified atom stereocenters. The van der Waals surface area contributed by atoms with Gasteiger partial charge in [0.15, 0.2) is 0 Å². The molecular formula is C17H26N2. The van der Waals surface area contributed by atoms with E-state index < -0.39 is 0 Å². The lowest BCUT2D eigenvalue weighted by atomic mass is 9.73. The van der Waals surface area contributed by atoms with Crippen molar-refractivity contribution in [2.45, 2.75) is 50.6 Å². The van der Waals surface area contributed by atoms with Crippen molar-refractivity contribution in [2.24, 2.45) is 5.92 Å². The van der Waals surface area contributed by atoms with Crippen molar-refractivity contribution in [1.82, 2.24) is 10.6 Å². The van der Waals surface area contributed by atoms with E-state index in [1.165, 1.54) is 38.5 Å². The highest BCUT2D eigenvalue weighted by molar-refractivity contribution is 5.20. The van der Waals surface area contributed by atoms with Crippen molar-refractivity contribution >= 4 is 0 Å². The first-order chi connectivity index (χ1) is 9.43. The quantitative estimate of drug-likeness (QED) is 0.866. The summed E-state index contributed by atoms with van der Waals surface area (Å²) < 4.78 is 0. The lowest BCUT2D eigenvalue weighted by Gasteiger charge is -2.32. The molecule has 104 valence electrons. The van der Waals surface area contributed by atoms with Gasteiger partial charge >= 0.3 is 0 Å². The Bertz CT molecular complexity index is 370. The first-order valence-corrected chi connectivity index (χ1v) is 7.95. The lowest BCUT2D eigenvalue weighted by Crippen LogP contribution is -2.32. The van der Waals surface area contributed by atoms with E-state index in [4.69, 9.17) is 0 Å². The Balaban J connectivity index is 1.60. The molecule has 2 nitrogen and oxygen atoms in total. The van der Waals surface area contributed by atoms with Crippen molar-refractivity contribution in [3.05, 3.63) is 35.9 Å². The average Bonchev–Trinajstić information content (AvgIpc) is 3.00. The first kappa shape index (κ1) is 13.1. The second-order valence-corrected chi connectivity index (χ2v) is 6.10. The molecular weight excluding hydrogens is 232 g/mol. The maximum atomic E-state index is 3.54. The summed E-state index contributed by atoms with van der Waals surface area (Å²) in [6.07, 6.45) is 8.87. The molecule has 0 bridgehead atoms. The van der Waals surface area contributed by atoms with E-state index in [1.807, 2.05) is 0 Å². The van der Waals surface area contributed by atoms with Gasteiger partial charge < -0.3 is 10.6 Å². The molecule has 2 atom stereocenters. The van der Waals surface area contributed by atoms with Crippen LogP contribution in [-0.4, -0.2) is 19.3 Å². The molecule has 19 heavy (non-hydrogen) atoms. The largest absolute Gasteiger partial charge is 0.301 e. The zero-order chi connectivity index (χ0) is 12.9. The van der Waals surface area contributed by atoms with E-state index in [-0.39, 0.29) is 0 Å². The topological polar surface area (TPSA) is 24.1 Å². The monoisotopic (exact) mass is 258 g/mol. The van der Waals surface area contributed by atoms with Gasteiger partial charge in [-0.15, -0.1) is 0 Å². The molecule has 1 aliphatic heterocycles. The minimum Gasteiger partial charge on any atom is -0.301 e. The zero-order valence-corrected chi connectivity index (χ0v) is 11.8. The minimum atomic E-state index is 0.568. The SMILES string of the molecule is c1ccc(C2CCCCC2CCC2NCCN2)cc1. The van der Waals surface area contributed by atoms with Crippen LogP contribution in [0.2, 0.25) is 0 Å². The van der Waals surface area contributed by atoms with Crippen molar-refractivity contribution < 1.29 is 0 Å². The summed E-state index contributed by atoms with van der Waals surface area (Å²) in [5.74, 6) is 1.69. The highest BCUT2D eigenvalue weighted by atomic mass is 15.2. The summed E-state index contributed by atoms with van der Waals surface area (Å²) in [7, 11) is 0. The van der Waals surface area contributed by atoms with Crippen molar-refractivity contribution in [2.75, 3.05) is 13.1 Å². The number of benzene rings is 1. The standard InChI is InChI=1S/C17H26N2/c1-2-6-14(7-3-1)16-9-5-4-8-15(16)10-11-17-18-12-13-19-17/h1-3,6-7,15-19H,4-5,8-13H2. The molecule has 1 heterocycles. The Labute approximate surface area is 117 Å². The Morgan fingerprint density at radius 3 is 2.42 bits per heavy atom. The van der Waals surface area contributed by atoms with Gasteiger partial charge in [-0.3, -0.25) is 0 Å². The fourth-order valence-electron chi connectivity index (χ4n) is 3.84. The first-order valence-electron chi connectivity index (χ1n) is 7.95. The van der Waals surface area contributed by atoms with Crippen LogP contribution < -0.4 is 10.6 Å². The summed E-state index contributed by atoms with van der Waals surface area (Å²) in [6, 6.07) is 11.2. The van der Waals surface area contributed by atoms with Gasteiger partial charge in [-0.2, -0.15) is 0 Å².